The van der Waals surface area contributed by atoms with Gasteiger partial charge in [0.2, 0.25) is 0 Å². The fourth-order valence-corrected chi connectivity index (χ4v) is 7.84. The maximum atomic E-state index is 5.89. The first-order chi connectivity index (χ1) is 26.9. The molecule has 0 saturated carbocycles. The molecule has 0 amide bonds. The molecule has 0 saturated heterocycles. The van der Waals surface area contributed by atoms with Crippen molar-refractivity contribution in [3.8, 4) is 0 Å². The van der Waals surface area contributed by atoms with Crippen molar-refractivity contribution in [3.05, 3.63) is 200 Å². The summed E-state index contributed by atoms with van der Waals surface area (Å²) in [5, 5.41) is 0. The number of hydrogen-bond donors (Lipinski definition) is 2. The number of nitrogens with two attached hydrogens (primary N) is 2. The van der Waals surface area contributed by atoms with Crippen LogP contribution in [0, 0.1) is 0 Å². The molecular formula is C53H62N2. The first-order valence-corrected chi connectivity index (χ1v) is 21.0. The Hall–Kier alpha value is -5.08. The van der Waals surface area contributed by atoms with E-state index in [1.54, 1.807) is 0 Å². The summed E-state index contributed by atoms with van der Waals surface area (Å²) in [4.78, 5) is 0. The fourth-order valence-electron chi connectivity index (χ4n) is 7.84. The zero-order valence-electron chi connectivity index (χ0n) is 33.5. The Labute approximate surface area is 332 Å². The maximum Gasteiger partial charge on any atom is 0.0314 e. The van der Waals surface area contributed by atoms with E-state index in [-0.39, 0.29) is 0 Å². The lowest BCUT2D eigenvalue weighted by molar-refractivity contribution is 0.662. The molecule has 0 fully saturated rings. The number of hydrogen-bond acceptors (Lipinski definition) is 2. The summed E-state index contributed by atoms with van der Waals surface area (Å²) in [5.74, 6) is 0. The molecule has 6 rings (SSSR count). The Bertz CT molecular complexity index is 1890. The van der Waals surface area contributed by atoms with Gasteiger partial charge in [-0.25, -0.2) is 0 Å². The summed E-state index contributed by atoms with van der Waals surface area (Å²) < 4.78 is 0. The molecular weight excluding hydrogens is 665 g/mol. The van der Waals surface area contributed by atoms with Gasteiger partial charge in [-0.15, -0.1) is 0 Å². The quantitative estimate of drug-likeness (QED) is 0.0608. The third kappa shape index (κ3) is 12.5. The predicted molar refractivity (Wildman–Crippen MR) is 237 cm³/mol. The van der Waals surface area contributed by atoms with Gasteiger partial charge in [-0.2, -0.15) is 0 Å². The largest absolute Gasteiger partial charge is 0.399 e. The summed E-state index contributed by atoms with van der Waals surface area (Å²) in [6, 6.07) is 49.6. The number of aryl methyl sites for hydroxylation is 2. The molecule has 0 spiro atoms. The van der Waals surface area contributed by atoms with Crippen molar-refractivity contribution < 1.29 is 0 Å². The van der Waals surface area contributed by atoms with Crippen LogP contribution in [-0.4, -0.2) is 0 Å². The molecule has 2 heteroatoms. The van der Waals surface area contributed by atoms with Gasteiger partial charge in [-0.05, 0) is 149 Å². The van der Waals surface area contributed by atoms with Gasteiger partial charge in [0.15, 0.2) is 0 Å². The van der Waals surface area contributed by atoms with Crippen molar-refractivity contribution in [2.45, 2.75) is 110 Å². The smallest absolute Gasteiger partial charge is 0.0314 e. The summed E-state index contributed by atoms with van der Waals surface area (Å²) in [6.07, 6.45) is 17.4. The Morgan fingerprint density at radius 1 is 0.291 bits per heavy atom. The highest BCUT2D eigenvalue weighted by molar-refractivity contribution is 5.45. The van der Waals surface area contributed by atoms with Crippen molar-refractivity contribution in [3.63, 3.8) is 0 Å². The van der Waals surface area contributed by atoms with E-state index in [1.165, 1.54) is 118 Å². The van der Waals surface area contributed by atoms with Crippen LogP contribution in [0.3, 0.4) is 0 Å². The molecule has 6 aromatic carbocycles. The monoisotopic (exact) mass is 726 g/mol. The van der Waals surface area contributed by atoms with Crippen LogP contribution in [0.4, 0.5) is 11.4 Å². The van der Waals surface area contributed by atoms with Crippen molar-refractivity contribution in [2.24, 2.45) is 0 Å². The van der Waals surface area contributed by atoms with E-state index < -0.39 is 0 Å². The number of rotatable bonds is 20. The minimum atomic E-state index is 0.815. The normalized spacial score (nSPS) is 11.2. The molecule has 0 aliphatic heterocycles. The molecule has 0 aliphatic rings. The first-order valence-electron chi connectivity index (χ1n) is 21.0. The minimum Gasteiger partial charge on any atom is -0.399 e. The van der Waals surface area contributed by atoms with Crippen molar-refractivity contribution >= 4 is 11.4 Å². The second kappa shape index (κ2) is 20.6. The van der Waals surface area contributed by atoms with E-state index in [2.05, 4.69) is 123 Å². The van der Waals surface area contributed by atoms with E-state index in [0.29, 0.717) is 0 Å². The van der Waals surface area contributed by atoms with Crippen LogP contribution >= 0.6 is 0 Å². The number of nitrogen functional groups attached to an aromatic ring is 2. The van der Waals surface area contributed by atoms with Crippen LogP contribution < -0.4 is 11.5 Å². The van der Waals surface area contributed by atoms with E-state index in [0.717, 1.165) is 56.3 Å². The van der Waals surface area contributed by atoms with Gasteiger partial charge in [0.1, 0.15) is 0 Å². The number of unbranched alkanes of at least 4 members (excludes halogenated alkanes) is 6. The second-order valence-corrected chi connectivity index (χ2v) is 15.8. The summed E-state index contributed by atoms with van der Waals surface area (Å²) in [7, 11) is 0. The lowest BCUT2D eigenvalue weighted by atomic mass is 9.89. The number of benzene rings is 6. The molecule has 2 nitrogen and oxygen atoms in total. The van der Waals surface area contributed by atoms with Crippen LogP contribution in [0.5, 0.6) is 0 Å². The molecule has 4 N–H and O–H groups in total. The molecule has 55 heavy (non-hydrogen) atoms. The molecule has 284 valence electrons. The van der Waals surface area contributed by atoms with Crippen LogP contribution in [-0.2, 0) is 44.9 Å². The molecule has 0 unspecified atom stereocenters. The molecule has 0 aliphatic carbocycles. The Balaban J connectivity index is 1.17. The van der Waals surface area contributed by atoms with Gasteiger partial charge < -0.3 is 11.5 Å². The Morgan fingerprint density at radius 2 is 0.582 bits per heavy atom. The minimum absolute atomic E-state index is 0.815. The van der Waals surface area contributed by atoms with Gasteiger partial charge in [0, 0.05) is 11.4 Å². The highest BCUT2D eigenvalue weighted by Gasteiger charge is 2.12. The fraction of sp³-hybridized carbons (Fsp3) is 0.321. The molecule has 0 atom stereocenters. The van der Waals surface area contributed by atoms with E-state index in [4.69, 9.17) is 11.5 Å². The predicted octanol–water partition coefficient (Wildman–Crippen LogP) is 13.1. The Kier molecular flexibility index (Phi) is 14.8. The summed E-state index contributed by atoms with van der Waals surface area (Å²) >= 11 is 0. The lowest BCUT2D eigenvalue weighted by Gasteiger charge is -2.17. The zero-order chi connectivity index (χ0) is 38.2. The standard InChI is InChI=1S/C53H62N2/c1-3-5-7-9-11-48-37-46(35-42-17-13-40(14-18-42)33-44-23-29-52(54)30-24-44)21-27-50(48)39-51-28-22-47(38-49(51)12-10-8-6-4-2)36-43-19-15-41(16-20-43)34-45-25-31-53(55)32-26-45/h13-32,37-38H,3-12,33-36,39,54-55H2,1-2H3. The Morgan fingerprint density at radius 3 is 0.909 bits per heavy atom. The second-order valence-electron chi connectivity index (χ2n) is 15.8. The highest BCUT2D eigenvalue weighted by Crippen LogP contribution is 2.26. The topological polar surface area (TPSA) is 52.0 Å². The van der Waals surface area contributed by atoms with Crippen LogP contribution in [0.1, 0.15) is 132 Å². The molecule has 0 bridgehead atoms. The third-order valence-corrected chi connectivity index (χ3v) is 11.2. The van der Waals surface area contributed by atoms with Gasteiger partial charge in [0.25, 0.3) is 0 Å². The molecule has 0 aromatic heterocycles. The highest BCUT2D eigenvalue weighted by atomic mass is 14.5. The third-order valence-electron chi connectivity index (χ3n) is 11.2. The molecule has 6 aromatic rings. The SMILES string of the molecule is CCCCCCc1cc(Cc2ccc(Cc3ccc(N)cc3)cc2)ccc1Cc1ccc(Cc2ccc(Cc3ccc(N)cc3)cc2)cc1CCCCCC. The summed E-state index contributed by atoms with van der Waals surface area (Å²) in [5.41, 5.74) is 30.3. The number of anilines is 2. The van der Waals surface area contributed by atoms with Gasteiger partial charge in [-0.1, -0.05) is 162 Å². The first kappa shape index (κ1) is 39.6. The maximum absolute atomic E-state index is 5.89. The average Bonchev–Trinajstić information content (AvgIpc) is 3.20. The van der Waals surface area contributed by atoms with Gasteiger partial charge in [-0.3, -0.25) is 0 Å². The van der Waals surface area contributed by atoms with E-state index in [9.17, 15) is 0 Å². The molecule has 0 radical (unpaired) electrons. The van der Waals surface area contributed by atoms with Crippen LogP contribution in [0.15, 0.2) is 133 Å². The van der Waals surface area contributed by atoms with Crippen LogP contribution in [0.2, 0.25) is 0 Å². The van der Waals surface area contributed by atoms with Gasteiger partial charge >= 0.3 is 0 Å². The van der Waals surface area contributed by atoms with E-state index in [1.807, 2.05) is 24.3 Å². The van der Waals surface area contributed by atoms with E-state index >= 15 is 0 Å². The van der Waals surface area contributed by atoms with Crippen molar-refractivity contribution in [1.82, 2.24) is 0 Å². The summed E-state index contributed by atoms with van der Waals surface area (Å²) in [6.45, 7) is 4.61. The van der Waals surface area contributed by atoms with Crippen molar-refractivity contribution in [1.29, 1.82) is 0 Å². The van der Waals surface area contributed by atoms with Gasteiger partial charge in [0.05, 0.1) is 0 Å². The lowest BCUT2D eigenvalue weighted by Crippen LogP contribution is -2.03. The average molecular weight is 727 g/mol. The van der Waals surface area contributed by atoms with Crippen molar-refractivity contribution in [2.75, 3.05) is 11.5 Å². The molecule has 0 heterocycles. The zero-order valence-corrected chi connectivity index (χ0v) is 33.5. The van der Waals surface area contributed by atoms with Crippen LogP contribution in [0.25, 0.3) is 0 Å².